The summed E-state index contributed by atoms with van der Waals surface area (Å²) in [5, 5.41) is 5.40. The van der Waals surface area contributed by atoms with Crippen molar-refractivity contribution in [3.63, 3.8) is 0 Å². The van der Waals surface area contributed by atoms with E-state index in [1.54, 1.807) is 21.7 Å². The molecule has 35 heavy (non-hydrogen) atoms. The number of amides is 1. The van der Waals surface area contributed by atoms with Gasteiger partial charge in [-0.2, -0.15) is 5.10 Å². The molecule has 0 saturated carbocycles. The summed E-state index contributed by atoms with van der Waals surface area (Å²) < 4.78 is 18.8. The minimum absolute atomic E-state index is 0.301. The number of methoxy groups -OCH3 is 1. The van der Waals surface area contributed by atoms with E-state index in [2.05, 4.69) is 15.1 Å². The summed E-state index contributed by atoms with van der Waals surface area (Å²) in [5.41, 5.74) is 3.56. The van der Waals surface area contributed by atoms with E-state index >= 15 is 0 Å². The van der Waals surface area contributed by atoms with Gasteiger partial charge in [0.05, 0.1) is 37.1 Å². The van der Waals surface area contributed by atoms with Crippen molar-refractivity contribution in [2.45, 2.75) is 19.4 Å². The molecule has 9 heteroatoms. The number of hydrogen-bond donors (Lipinski definition) is 0. The molecule has 1 saturated heterocycles. The average molecular weight is 474 g/mol. The zero-order chi connectivity index (χ0) is 24.6. The second-order valence-corrected chi connectivity index (χ2v) is 9.07. The summed E-state index contributed by atoms with van der Waals surface area (Å²) in [6, 6.07) is 13.4. The predicted octanol–water partition coefficient (Wildman–Crippen LogP) is 4.32. The van der Waals surface area contributed by atoms with E-state index in [0.29, 0.717) is 42.4 Å². The van der Waals surface area contributed by atoms with E-state index in [-0.39, 0.29) is 0 Å². The van der Waals surface area contributed by atoms with Gasteiger partial charge in [0.2, 0.25) is 0 Å². The van der Waals surface area contributed by atoms with Crippen LogP contribution >= 0.6 is 0 Å². The molecule has 9 nitrogen and oxygen atoms in total. The zero-order valence-electron chi connectivity index (χ0n) is 20.2. The lowest BCUT2D eigenvalue weighted by molar-refractivity contribution is -0.0774. The fraction of sp³-hybridized carbons (Fsp3) is 0.308. The third kappa shape index (κ3) is 4.54. The second-order valence-electron chi connectivity index (χ2n) is 9.07. The first-order valence-corrected chi connectivity index (χ1v) is 11.4. The Kier molecular flexibility index (Phi) is 5.86. The maximum Gasteiger partial charge on any atom is 0.415 e. The van der Waals surface area contributed by atoms with Crippen LogP contribution in [0.15, 0.2) is 55.0 Å². The highest BCUT2D eigenvalue weighted by Gasteiger charge is 2.31. The molecule has 4 aromatic rings. The largest absolute Gasteiger partial charge is 0.493 e. The van der Waals surface area contributed by atoms with E-state index in [1.165, 1.54) is 13.4 Å². The van der Waals surface area contributed by atoms with Crippen molar-refractivity contribution in [3.8, 4) is 34.0 Å². The molecule has 0 atom stereocenters. The Morgan fingerprint density at radius 3 is 2.63 bits per heavy atom. The molecule has 1 aliphatic rings. The molecule has 0 aliphatic carbocycles. The van der Waals surface area contributed by atoms with Gasteiger partial charge in [-0.15, -0.1) is 0 Å². The van der Waals surface area contributed by atoms with E-state index in [9.17, 15) is 4.79 Å². The Hall–Kier alpha value is -3.98. The number of nitrogens with zero attached hydrogens (tertiary/aromatic N) is 5. The van der Waals surface area contributed by atoms with Crippen molar-refractivity contribution < 1.29 is 19.0 Å². The van der Waals surface area contributed by atoms with Crippen LogP contribution in [0.1, 0.15) is 13.8 Å². The first-order chi connectivity index (χ1) is 16.8. The third-order valence-corrected chi connectivity index (χ3v) is 5.93. The summed E-state index contributed by atoms with van der Waals surface area (Å²) in [7, 11) is 3.41. The number of morpholine rings is 1. The van der Waals surface area contributed by atoms with Gasteiger partial charge < -0.3 is 19.1 Å². The van der Waals surface area contributed by atoms with Crippen molar-refractivity contribution in [1.29, 1.82) is 0 Å². The fourth-order valence-electron chi connectivity index (χ4n) is 4.32. The van der Waals surface area contributed by atoms with Gasteiger partial charge in [0.1, 0.15) is 12.0 Å². The van der Waals surface area contributed by atoms with Gasteiger partial charge in [0.25, 0.3) is 0 Å². The zero-order valence-corrected chi connectivity index (χ0v) is 20.2. The standard InChI is InChI=1S/C26H27N5O4/c1-26(2)15-31(10-11-34-26)25(32)35-22-12-18-20(13-21(22)33-4)27-16-28-24(18)19-14-30(3)29-23(19)17-8-6-5-7-9-17/h5-9,12-14,16H,10-11,15H2,1-4H3. The number of rotatable bonds is 4. The maximum atomic E-state index is 13.0. The Labute approximate surface area is 203 Å². The number of fused-ring (bicyclic) bond motifs is 1. The highest BCUT2D eigenvalue weighted by atomic mass is 16.6. The van der Waals surface area contributed by atoms with Gasteiger partial charge in [-0.3, -0.25) is 4.68 Å². The summed E-state index contributed by atoms with van der Waals surface area (Å²) in [6.07, 6.45) is 2.99. The third-order valence-electron chi connectivity index (χ3n) is 5.93. The van der Waals surface area contributed by atoms with Crippen molar-refractivity contribution in [2.75, 3.05) is 26.8 Å². The molecule has 0 spiro atoms. The van der Waals surface area contributed by atoms with Crippen LogP contribution in [0.25, 0.3) is 33.4 Å². The molecule has 0 bridgehead atoms. The highest BCUT2D eigenvalue weighted by Crippen LogP contribution is 2.38. The molecule has 5 rings (SSSR count). The number of aryl methyl sites for hydroxylation is 1. The van der Waals surface area contributed by atoms with Gasteiger partial charge in [-0.25, -0.2) is 14.8 Å². The van der Waals surface area contributed by atoms with Gasteiger partial charge >= 0.3 is 6.09 Å². The maximum absolute atomic E-state index is 13.0. The highest BCUT2D eigenvalue weighted by molar-refractivity contribution is 5.97. The van der Waals surface area contributed by atoms with Crippen LogP contribution in [0.4, 0.5) is 4.79 Å². The predicted molar refractivity (Wildman–Crippen MR) is 131 cm³/mol. The molecule has 0 unspecified atom stereocenters. The Morgan fingerprint density at radius 2 is 1.89 bits per heavy atom. The van der Waals surface area contributed by atoms with Crippen LogP contribution in [0, 0.1) is 0 Å². The molecule has 0 N–H and O–H groups in total. The number of ether oxygens (including phenoxy) is 3. The van der Waals surface area contributed by atoms with Crippen LogP contribution in [0.3, 0.4) is 0 Å². The first-order valence-electron chi connectivity index (χ1n) is 11.4. The lowest BCUT2D eigenvalue weighted by Gasteiger charge is -2.37. The molecule has 1 aliphatic heterocycles. The normalized spacial score (nSPS) is 15.3. The van der Waals surface area contributed by atoms with E-state index in [1.807, 2.05) is 57.4 Å². The summed E-state index contributed by atoms with van der Waals surface area (Å²) in [4.78, 5) is 23.7. The lowest BCUT2D eigenvalue weighted by atomic mass is 10.0. The quantitative estimate of drug-likeness (QED) is 0.436. The van der Waals surface area contributed by atoms with E-state index < -0.39 is 11.7 Å². The number of aromatic nitrogens is 4. The van der Waals surface area contributed by atoms with Crippen molar-refractivity contribution >= 4 is 17.0 Å². The van der Waals surface area contributed by atoms with Crippen LogP contribution in [0.2, 0.25) is 0 Å². The smallest absolute Gasteiger partial charge is 0.415 e. The topological polar surface area (TPSA) is 91.6 Å². The number of carbonyl (C=O) groups excluding carboxylic acids is 1. The van der Waals surface area contributed by atoms with Crippen molar-refractivity contribution in [2.24, 2.45) is 7.05 Å². The van der Waals surface area contributed by atoms with Gasteiger partial charge in [0, 0.05) is 42.4 Å². The molecule has 180 valence electrons. The summed E-state index contributed by atoms with van der Waals surface area (Å²) >= 11 is 0. The lowest BCUT2D eigenvalue weighted by Crippen LogP contribution is -2.51. The monoisotopic (exact) mass is 473 g/mol. The van der Waals surface area contributed by atoms with Gasteiger partial charge in [-0.1, -0.05) is 30.3 Å². The molecule has 2 aromatic carbocycles. The summed E-state index contributed by atoms with van der Waals surface area (Å²) in [6.45, 7) is 5.25. The van der Waals surface area contributed by atoms with Crippen LogP contribution in [0.5, 0.6) is 11.5 Å². The molecule has 3 heterocycles. The van der Waals surface area contributed by atoms with Gasteiger partial charge in [0.15, 0.2) is 11.5 Å². The average Bonchev–Trinajstić information content (AvgIpc) is 3.24. The minimum atomic E-state index is -0.455. The summed E-state index contributed by atoms with van der Waals surface area (Å²) in [5.74, 6) is 0.716. The van der Waals surface area contributed by atoms with Crippen LogP contribution in [-0.2, 0) is 11.8 Å². The number of carbonyl (C=O) groups is 1. The Balaban J connectivity index is 1.57. The molecule has 0 radical (unpaired) electrons. The van der Waals surface area contributed by atoms with Crippen LogP contribution < -0.4 is 9.47 Å². The molecule has 2 aromatic heterocycles. The molecule has 1 fully saturated rings. The van der Waals surface area contributed by atoms with Crippen LogP contribution in [-0.4, -0.2) is 63.1 Å². The molecular weight excluding hydrogens is 446 g/mol. The van der Waals surface area contributed by atoms with E-state index in [0.717, 1.165) is 22.2 Å². The van der Waals surface area contributed by atoms with Gasteiger partial charge in [-0.05, 0) is 19.9 Å². The molecule has 1 amide bonds. The second kappa shape index (κ2) is 8.99. The molecular formula is C26H27N5O4. The first kappa shape index (κ1) is 22.8. The Morgan fingerprint density at radius 1 is 1.09 bits per heavy atom. The minimum Gasteiger partial charge on any atom is -0.493 e. The number of hydrogen-bond acceptors (Lipinski definition) is 7. The fourth-order valence-corrected chi connectivity index (χ4v) is 4.32. The SMILES string of the molecule is COc1cc2ncnc(-c3cn(C)nc3-c3ccccc3)c2cc1OC(=O)N1CCOC(C)(C)C1. The Bertz CT molecular complexity index is 1380. The number of benzene rings is 2. The van der Waals surface area contributed by atoms with Crippen molar-refractivity contribution in [1.82, 2.24) is 24.6 Å². The van der Waals surface area contributed by atoms with Crippen molar-refractivity contribution in [3.05, 3.63) is 55.0 Å². The van der Waals surface area contributed by atoms with E-state index in [4.69, 9.17) is 14.2 Å².